The quantitative estimate of drug-likeness (QED) is 0.885. The third-order valence-electron chi connectivity index (χ3n) is 6.05. The molecule has 144 valence electrons. The van der Waals surface area contributed by atoms with E-state index in [-0.39, 0.29) is 22.8 Å². The van der Waals surface area contributed by atoms with E-state index in [1.165, 1.54) is 6.07 Å². The molecule has 1 unspecified atom stereocenters. The van der Waals surface area contributed by atoms with E-state index in [1.807, 2.05) is 0 Å². The molecule has 27 heavy (non-hydrogen) atoms. The molecule has 1 aromatic heterocycles. The molecule has 1 saturated carbocycles. The van der Waals surface area contributed by atoms with Gasteiger partial charge in [0.2, 0.25) is 0 Å². The van der Waals surface area contributed by atoms with Gasteiger partial charge in [0.05, 0.1) is 0 Å². The normalized spacial score (nSPS) is 21.3. The van der Waals surface area contributed by atoms with Crippen LogP contribution in [0.3, 0.4) is 0 Å². The van der Waals surface area contributed by atoms with Gasteiger partial charge >= 0.3 is 0 Å². The number of carbonyl (C=O) groups is 1. The van der Waals surface area contributed by atoms with Crippen molar-refractivity contribution in [2.24, 2.45) is 5.41 Å². The van der Waals surface area contributed by atoms with Crippen molar-refractivity contribution in [3.8, 4) is 0 Å². The van der Waals surface area contributed by atoms with Crippen LogP contribution in [-0.4, -0.2) is 39.1 Å². The van der Waals surface area contributed by atoms with Crippen molar-refractivity contribution >= 4 is 5.91 Å². The van der Waals surface area contributed by atoms with Crippen LogP contribution in [0.1, 0.15) is 67.0 Å². The van der Waals surface area contributed by atoms with Gasteiger partial charge in [-0.1, -0.05) is 19.8 Å². The van der Waals surface area contributed by atoms with Crippen LogP contribution in [0.4, 0.5) is 8.78 Å². The second kappa shape index (κ2) is 7.02. The van der Waals surface area contributed by atoms with Crippen molar-refractivity contribution < 1.29 is 13.6 Å². The molecule has 0 radical (unpaired) electrons. The first-order valence-electron chi connectivity index (χ1n) is 9.68. The number of H-pyrrole nitrogens is 1. The molecule has 7 heteroatoms. The van der Waals surface area contributed by atoms with Crippen molar-refractivity contribution in [3.05, 3.63) is 47.0 Å². The largest absolute Gasteiger partial charge is 0.337 e. The van der Waals surface area contributed by atoms with E-state index in [4.69, 9.17) is 0 Å². The number of aryl methyl sites for hydroxylation is 1. The summed E-state index contributed by atoms with van der Waals surface area (Å²) < 4.78 is 26.8. The van der Waals surface area contributed by atoms with Crippen molar-refractivity contribution in [3.63, 3.8) is 0 Å². The number of amides is 1. The van der Waals surface area contributed by atoms with Gasteiger partial charge in [0.25, 0.3) is 5.91 Å². The number of halogens is 2. The Hall–Kier alpha value is -2.31. The van der Waals surface area contributed by atoms with Crippen molar-refractivity contribution in [2.45, 2.75) is 51.4 Å². The first-order valence-corrected chi connectivity index (χ1v) is 9.68. The Labute approximate surface area is 157 Å². The molecule has 1 amide bonds. The van der Waals surface area contributed by atoms with Crippen LogP contribution in [-0.2, 0) is 6.42 Å². The maximum Gasteiger partial charge on any atom is 0.254 e. The highest BCUT2D eigenvalue weighted by molar-refractivity contribution is 5.94. The van der Waals surface area contributed by atoms with Crippen LogP contribution < -0.4 is 0 Å². The molecular weight excluding hydrogens is 350 g/mol. The maximum absolute atomic E-state index is 13.6. The van der Waals surface area contributed by atoms with E-state index < -0.39 is 11.6 Å². The average molecular weight is 374 g/mol. The molecular formula is C20H24F2N4O. The van der Waals surface area contributed by atoms with E-state index in [0.717, 1.165) is 62.3 Å². The van der Waals surface area contributed by atoms with Crippen LogP contribution >= 0.6 is 0 Å². The van der Waals surface area contributed by atoms with Crippen LogP contribution in [0, 0.1) is 17.0 Å². The van der Waals surface area contributed by atoms with Crippen LogP contribution in [0.5, 0.6) is 0 Å². The molecule has 1 N–H and O–H groups in total. The summed E-state index contributed by atoms with van der Waals surface area (Å²) in [4.78, 5) is 19.4. The van der Waals surface area contributed by atoms with Gasteiger partial charge < -0.3 is 4.90 Å². The topological polar surface area (TPSA) is 61.9 Å². The lowest BCUT2D eigenvalue weighted by atomic mass is 9.76. The van der Waals surface area contributed by atoms with Crippen molar-refractivity contribution in [2.75, 3.05) is 13.1 Å². The Morgan fingerprint density at radius 3 is 2.78 bits per heavy atom. The predicted octanol–water partition coefficient (Wildman–Crippen LogP) is 3.84. The summed E-state index contributed by atoms with van der Waals surface area (Å²) in [5, 5.41) is 7.47. The number of hydrogen-bond acceptors (Lipinski definition) is 3. The third kappa shape index (κ3) is 3.24. The number of likely N-dealkylation sites (tertiary alicyclic amines) is 1. The zero-order valence-electron chi connectivity index (χ0n) is 15.5. The number of nitrogens with one attached hydrogen (secondary N) is 1. The number of benzene rings is 1. The monoisotopic (exact) mass is 374 g/mol. The standard InChI is InChI=1S/C20H24F2N4O/c1-2-5-17-23-18(25-24-17)14-11-26(12-20(14)8-3-4-9-20)19(27)13-6-7-15(21)16(22)10-13/h6-7,10,14H,2-5,8-9,11-12H2,1H3,(H,23,24,25). The number of aromatic amines is 1. The molecule has 1 spiro atoms. The van der Waals surface area contributed by atoms with Crippen LogP contribution in [0.15, 0.2) is 18.2 Å². The summed E-state index contributed by atoms with van der Waals surface area (Å²) in [6.07, 6.45) is 6.19. The number of carbonyl (C=O) groups excluding carboxylic acids is 1. The van der Waals surface area contributed by atoms with Gasteiger partial charge in [0.15, 0.2) is 17.5 Å². The fourth-order valence-corrected chi connectivity index (χ4v) is 4.69. The van der Waals surface area contributed by atoms with Crippen molar-refractivity contribution in [1.82, 2.24) is 20.1 Å². The van der Waals surface area contributed by atoms with E-state index in [9.17, 15) is 13.6 Å². The molecule has 2 aromatic rings. The van der Waals surface area contributed by atoms with E-state index in [1.54, 1.807) is 4.90 Å². The van der Waals surface area contributed by atoms with Gasteiger partial charge in [0, 0.05) is 31.0 Å². The van der Waals surface area contributed by atoms with Gasteiger partial charge in [-0.15, -0.1) is 0 Å². The van der Waals surface area contributed by atoms with Gasteiger partial charge in [0.1, 0.15) is 5.82 Å². The van der Waals surface area contributed by atoms with E-state index >= 15 is 0 Å². The molecule has 1 aliphatic heterocycles. The first-order chi connectivity index (χ1) is 13.0. The Kier molecular flexibility index (Phi) is 4.70. The SMILES string of the molecule is CCCc1nc(C2CN(C(=O)c3ccc(F)c(F)c3)CC23CCCC3)n[nH]1. The lowest BCUT2D eigenvalue weighted by Crippen LogP contribution is -2.31. The Balaban J connectivity index is 1.60. The first kappa shape index (κ1) is 18.1. The zero-order chi connectivity index (χ0) is 19.0. The minimum atomic E-state index is -0.995. The lowest BCUT2D eigenvalue weighted by molar-refractivity contribution is 0.0772. The third-order valence-corrected chi connectivity index (χ3v) is 6.05. The second-order valence-corrected chi connectivity index (χ2v) is 7.83. The molecule has 1 aliphatic carbocycles. The Bertz CT molecular complexity index is 844. The highest BCUT2D eigenvalue weighted by Crippen LogP contribution is 2.52. The molecule has 5 nitrogen and oxygen atoms in total. The zero-order valence-corrected chi connectivity index (χ0v) is 15.5. The summed E-state index contributed by atoms with van der Waals surface area (Å²) in [5.74, 6) is -0.456. The average Bonchev–Trinajstić information content (AvgIpc) is 3.38. The summed E-state index contributed by atoms with van der Waals surface area (Å²) in [6, 6.07) is 3.34. The fourth-order valence-electron chi connectivity index (χ4n) is 4.69. The van der Waals surface area contributed by atoms with Gasteiger partial charge in [-0.3, -0.25) is 9.89 Å². The minimum Gasteiger partial charge on any atom is -0.337 e. The van der Waals surface area contributed by atoms with Gasteiger partial charge in [-0.25, -0.2) is 13.8 Å². The molecule has 0 bridgehead atoms. The van der Waals surface area contributed by atoms with E-state index in [0.29, 0.717) is 13.1 Å². The molecule has 1 aromatic carbocycles. The van der Waals surface area contributed by atoms with Gasteiger partial charge in [-0.05, 0) is 42.9 Å². The number of hydrogen-bond donors (Lipinski definition) is 1. The predicted molar refractivity (Wildman–Crippen MR) is 96.3 cm³/mol. The Morgan fingerprint density at radius 1 is 1.30 bits per heavy atom. The number of aromatic nitrogens is 3. The molecule has 1 atom stereocenters. The number of rotatable bonds is 4. The molecule has 4 rings (SSSR count). The molecule has 2 aliphatic rings. The van der Waals surface area contributed by atoms with Gasteiger partial charge in [-0.2, -0.15) is 5.10 Å². The highest BCUT2D eigenvalue weighted by Gasteiger charge is 2.51. The second-order valence-electron chi connectivity index (χ2n) is 7.83. The van der Waals surface area contributed by atoms with E-state index in [2.05, 4.69) is 22.1 Å². The highest BCUT2D eigenvalue weighted by atomic mass is 19.2. The van der Waals surface area contributed by atoms with Crippen LogP contribution in [0.2, 0.25) is 0 Å². The summed E-state index contributed by atoms with van der Waals surface area (Å²) in [5.41, 5.74) is 0.171. The summed E-state index contributed by atoms with van der Waals surface area (Å²) in [6.45, 7) is 3.23. The molecule has 2 fully saturated rings. The smallest absolute Gasteiger partial charge is 0.254 e. The molecule has 1 saturated heterocycles. The Morgan fingerprint density at radius 2 is 2.07 bits per heavy atom. The minimum absolute atomic E-state index is 0.0140. The lowest BCUT2D eigenvalue weighted by Gasteiger charge is -2.27. The van der Waals surface area contributed by atoms with Crippen molar-refractivity contribution in [1.29, 1.82) is 0 Å². The number of nitrogens with zero attached hydrogens (tertiary/aromatic N) is 3. The summed E-state index contributed by atoms with van der Waals surface area (Å²) in [7, 11) is 0. The van der Waals surface area contributed by atoms with Crippen LogP contribution in [0.25, 0.3) is 0 Å². The summed E-state index contributed by atoms with van der Waals surface area (Å²) >= 11 is 0. The maximum atomic E-state index is 13.6. The molecule has 2 heterocycles. The fraction of sp³-hybridized carbons (Fsp3) is 0.550.